The van der Waals surface area contributed by atoms with Crippen molar-refractivity contribution in [3.05, 3.63) is 36.5 Å². The predicted molar refractivity (Wildman–Crippen MR) is 89.8 cm³/mol. The molecule has 2 heteroatoms. The molecular weight excluding hydrogens is 278 g/mol. The molecule has 0 spiro atoms. The Balaban J connectivity index is 1.71. The lowest BCUT2D eigenvalue weighted by Crippen LogP contribution is -2.23. The van der Waals surface area contributed by atoms with Gasteiger partial charge >= 0.3 is 0 Å². The molecule has 0 aromatic heterocycles. The smallest absolute Gasteiger partial charge is 0.161 e. The van der Waals surface area contributed by atoms with Crippen LogP contribution in [0.4, 0.5) is 8.78 Å². The first-order chi connectivity index (χ1) is 10.6. The van der Waals surface area contributed by atoms with Gasteiger partial charge in [0.15, 0.2) is 11.7 Å². The number of halogens is 2. The van der Waals surface area contributed by atoms with Crippen molar-refractivity contribution in [3.63, 3.8) is 0 Å². The van der Waals surface area contributed by atoms with Gasteiger partial charge in [0, 0.05) is 0 Å². The summed E-state index contributed by atoms with van der Waals surface area (Å²) in [7, 11) is 0. The van der Waals surface area contributed by atoms with E-state index in [2.05, 4.69) is 13.2 Å². The zero-order valence-corrected chi connectivity index (χ0v) is 13.8. The van der Waals surface area contributed by atoms with Crippen molar-refractivity contribution in [2.45, 2.75) is 70.6 Å². The van der Waals surface area contributed by atoms with E-state index in [4.69, 9.17) is 0 Å². The van der Waals surface area contributed by atoms with Gasteiger partial charge in [-0.2, -0.15) is 0 Å². The molecule has 124 valence electrons. The lowest BCUT2D eigenvalue weighted by atomic mass is 9.70. The van der Waals surface area contributed by atoms with E-state index in [9.17, 15) is 8.78 Å². The second kappa shape index (κ2) is 8.64. The molecule has 0 nitrogen and oxygen atoms in total. The maximum atomic E-state index is 13.6. The topological polar surface area (TPSA) is 0 Å². The molecule has 0 aromatic carbocycles. The molecule has 0 radical (unpaired) electrons. The van der Waals surface area contributed by atoms with Crippen molar-refractivity contribution in [2.75, 3.05) is 0 Å². The Morgan fingerprint density at radius 2 is 1.50 bits per heavy atom. The van der Waals surface area contributed by atoms with Crippen LogP contribution in [0.1, 0.15) is 70.6 Å². The van der Waals surface area contributed by atoms with Crippen molar-refractivity contribution in [2.24, 2.45) is 17.8 Å². The molecule has 2 aliphatic carbocycles. The second-order valence-electron chi connectivity index (χ2n) is 7.19. The number of allylic oxidation sites excluding steroid dienone is 4. The maximum Gasteiger partial charge on any atom is 0.161 e. The molecule has 22 heavy (non-hydrogen) atoms. The van der Waals surface area contributed by atoms with Gasteiger partial charge in [0.25, 0.3) is 0 Å². The van der Waals surface area contributed by atoms with Crippen molar-refractivity contribution < 1.29 is 8.78 Å². The molecule has 2 aliphatic rings. The van der Waals surface area contributed by atoms with Crippen molar-refractivity contribution in [3.8, 4) is 0 Å². The van der Waals surface area contributed by atoms with E-state index in [1.807, 2.05) is 0 Å². The van der Waals surface area contributed by atoms with Crippen LogP contribution in [-0.2, 0) is 0 Å². The molecule has 0 aliphatic heterocycles. The normalized spacial score (nSPS) is 28.1. The van der Waals surface area contributed by atoms with Gasteiger partial charge in [-0.15, -0.1) is 0 Å². The Hall–Kier alpha value is -0.920. The van der Waals surface area contributed by atoms with Gasteiger partial charge < -0.3 is 0 Å². The summed E-state index contributed by atoms with van der Waals surface area (Å²) in [4.78, 5) is 0. The molecule has 0 unspecified atom stereocenters. The third kappa shape index (κ3) is 4.79. The molecule has 0 amide bonds. The lowest BCUT2D eigenvalue weighted by Gasteiger charge is -2.36. The summed E-state index contributed by atoms with van der Waals surface area (Å²) in [6.45, 7) is 6.93. The molecule has 2 rings (SSSR count). The van der Waals surface area contributed by atoms with Crippen molar-refractivity contribution in [1.29, 1.82) is 0 Å². The Bertz CT molecular complexity index is 407. The summed E-state index contributed by atoms with van der Waals surface area (Å²) in [5, 5.41) is 0. The first kappa shape index (κ1) is 17.4. The fourth-order valence-corrected chi connectivity index (χ4v) is 4.30. The van der Waals surface area contributed by atoms with Crippen LogP contribution in [0.5, 0.6) is 0 Å². The Kier molecular flexibility index (Phi) is 6.85. The van der Waals surface area contributed by atoms with E-state index in [1.54, 1.807) is 0 Å². The maximum absolute atomic E-state index is 13.6. The molecule has 0 aromatic rings. The van der Waals surface area contributed by atoms with E-state index in [-0.39, 0.29) is 5.57 Å². The third-order valence-corrected chi connectivity index (χ3v) is 5.76. The molecule has 0 bridgehead atoms. The minimum absolute atomic E-state index is 0.284. The minimum Gasteiger partial charge on any atom is -0.204 e. The summed E-state index contributed by atoms with van der Waals surface area (Å²) in [5.74, 6) is 0.856. The SMILES string of the molecule is C=C/C(F)=C(/F)C(=C)CCC1CCC(C2CCCCC2)CC1. The molecular formula is C20H30F2. The molecule has 0 atom stereocenters. The number of rotatable bonds is 6. The van der Waals surface area contributed by atoms with Gasteiger partial charge in [0.2, 0.25) is 0 Å². The zero-order chi connectivity index (χ0) is 15.9. The molecule has 0 N–H and O–H groups in total. The Morgan fingerprint density at radius 1 is 0.909 bits per heavy atom. The monoisotopic (exact) mass is 308 g/mol. The quantitative estimate of drug-likeness (QED) is 0.461. The Labute approximate surface area is 134 Å². The van der Waals surface area contributed by atoms with Gasteiger partial charge in [-0.3, -0.25) is 0 Å². The van der Waals surface area contributed by atoms with Gasteiger partial charge in [0.1, 0.15) is 0 Å². The highest BCUT2D eigenvalue weighted by Gasteiger charge is 2.28. The summed E-state index contributed by atoms with van der Waals surface area (Å²) in [6.07, 6.45) is 14.7. The van der Waals surface area contributed by atoms with E-state index < -0.39 is 11.7 Å². The molecule has 0 heterocycles. The van der Waals surface area contributed by atoms with Crippen LogP contribution in [0.2, 0.25) is 0 Å². The van der Waals surface area contributed by atoms with Crippen LogP contribution in [0.15, 0.2) is 36.5 Å². The Morgan fingerprint density at radius 3 is 2.09 bits per heavy atom. The summed E-state index contributed by atoms with van der Waals surface area (Å²) < 4.78 is 26.7. The average molecular weight is 308 g/mol. The fraction of sp³-hybridized carbons (Fsp3) is 0.700. The van der Waals surface area contributed by atoms with E-state index >= 15 is 0 Å². The fourth-order valence-electron chi connectivity index (χ4n) is 4.30. The van der Waals surface area contributed by atoms with Gasteiger partial charge in [-0.25, -0.2) is 8.78 Å². The van der Waals surface area contributed by atoms with Crippen LogP contribution in [-0.4, -0.2) is 0 Å². The van der Waals surface area contributed by atoms with Crippen LogP contribution in [0, 0.1) is 17.8 Å². The van der Waals surface area contributed by atoms with Gasteiger partial charge in [0.05, 0.1) is 0 Å². The summed E-state index contributed by atoms with van der Waals surface area (Å²) in [6, 6.07) is 0. The predicted octanol–water partition coefficient (Wildman–Crippen LogP) is 7.05. The summed E-state index contributed by atoms with van der Waals surface area (Å²) >= 11 is 0. The minimum atomic E-state index is -0.883. The molecule has 2 saturated carbocycles. The summed E-state index contributed by atoms with van der Waals surface area (Å²) in [5.41, 5.74) is 0.284. The third-order valence-electron chi connectivity index (χ3n) is 5.76. The number of hydrogen-bond donors (Lipinski definition) is 0. The highest BCUT2D eigenvalue weighted by atomic mass is 19.2. The zero-order valence-electron chi connectivity index (χ0n) is 13.8. The van der Waals surface area contributed by atoms with E-state index in [0.29, 0.717) is 12.3 Å². The molecule has 2 fully saturated rings. The first-order valence-corrected chi connectivity index (χ1v) is 8.97. The van der Waals surface area contributed by atoms with Crippen molar-refractivity contribution >= 4 is 0 Å². The average Bonchev–Trinajstić information content (AvgIpc) is 2.59. The van der Waals surface area contributed by atoms with Crippen LogP contribution in [0.25, 0.3) is 0 Å². The van der Waals surface area contributed by atoms with Crippen LogP contribution < -0.4 is 0 Å². The largest absolute Gasteiger partial charge is 0.204 e. The standard InChI is InChI=1S/C20H30F2/c1-3-19(21)20(22)15(2)9-10-16-11-13-18(14-12-16)17-7-5-4-6-8-17/h3,16-18H,1-2,4-14H2/b20-19-. The second-order valence-corrected chi connectivity index (χ2v) is 7.19. The van der Waals surface area contributed by atoms with E-state index in [1.165, 1.54) is 57.8 Å². The lowest BCUT2D eigenvalue weighted by molar-refractivity contribution is 0.163. The van der Waals surface area contributed by atoms with Gasteiger partial charge in [-0.05, 0) is 55.1 Å². The van der Waals surface area contributed by atoms with E-state index in [0.717, 1.165) is 24.3 Å². The van der Waals surface area contributed by atoms with Crippen LogP contribution >= 0.6 is 0 Å². The van der Waals surface area contributed by atoms with Crippen molar-refractivity contribution in [1.82, 2.24) is 0 Å². The highest BCUT2D eigenvalue weighted by Crippen LogP contribution is 2.41. The molecule has 0 saturated heterocycles. The number of hydrogen-bond acceptors (Lipinski definition) is 0. The first-order valence-electron chi connectivity index (χ1n) is 8.97. The van der Waals surface area contributed by atoms with Gasteiger partial charge in [-0.1, -0.05) is 58.1 Å². The highest BCUT2D eigenvalue weighted by molar-refractivity contribution is 5.29. The van der Waals surface area contributed by atoms with Crippen LogP contribution in [0.3, 0.4) is 0 Å².